The summed E-state index contributed by atoms with van der Waals surface area (Å²) < 4.78 is 2.36. The number of nitrogens with zero attached hydrogens (tertiary/aromatic N) is 3. The molecule has 0 radical (unpaired) electrons. The molecule has 0 atom stereocenters. The van der Waals surface area contributed by atoms with E-state index in [1.165, 1.54) is 81.7 Å². The molecule has 0 bridgehead atoms. The van der Waals surface area contributed by atoms with Crippen LogP contribution in [0.2, 0.25) is 0 Å². The molecule has 3 heteroatoms. The monoisotopic (exact) mass is 695 g/mol. The molecule has 0 aliphatic rings. The lowest BCUT2D eigenvalue weighted by atomic mass is 9.87. The molecule has 55 heavy (non-hydrogen) atoms. The Morgan fingerprint density at radius 2 is 1.00 bits per heavy atom. The van der Waals surface area contributed by atoms with E-state index in [1.54, 1.807) is 0 Å². The molecular weight excluding hydrogens is 667 g/mol. The summed E-state index contributed by atoms with van der Waals surface area (Å²) >= 11 is 0. The van der Waals surface area contributed by atoms with Crippen molar-refractivity contribution in [2.24, 2.45) is 0 Å². The summed E-state index contributed by atoms with van der Waals surface area (Å²) in [6.45, 7) is 0. The summed E-state index contributed by atoms with van der Waals surface area (Å²) in [7, 11) is 0. The van der Waals surface area contributed by atoms with Crippen LogP contribution in [0.5, 0.6) is 0 Å². The Morgan fingerprint density at radius 3 is 1.62 bits per heavy atom. The molecule has 0 aliphatic carbocycles. The normalized spacial score (nSPS) is 12.0. The first-order valence-corrected chi connectivity index (χ1v) is 18.7. The highest BCUT2D eigenvalue weighted by molar-refractivity contribution is 6.27. The lowest BCUT2D eigenvalue weighted by Gasteiger charge is -2.16. The van der Waals surface area contributed by atoms with Crippen LogP contribution < -0.4 is 0 Å². The van der Waals surface area contributed by atoms with Gasteiger partial charge in [0.05, 0.1) is 22.7 Å². The van der Waals surface area contributed by atoms with E-state index in [1.807, 2.05) is 24.5 Å². The van der Waals surface area contributed by atoms with E-state index in [2.05, 4.69) is 167 Å². The number of pyridine rings is 1. The van der Waals surface area contributed by atoms with Crippen molar-refractivity contribution in [3.63, 3.8) is 0 Å². The summed E-state index contributed by atoms with van der Waals surface area (Å²) in [6.07, 6.45) is 3.76. The van der Waals surface area contributed by atoms with Gasteiger partial charge in [-0.05, 0) is 143 Å². The number of hydrogen-bond acceptors (Lipinski definition) is 2. The molecule has 0 unspecified atom stereocenters. The molecule has 10 aromatic carbocycles. The zero-order valence-electron chi connectivity index (χ0n) is 29.6. The standard InChI is InChI=1S/C52H29N3/c53-29-36-17-21-47-52-44(36)18-16-35-27-40(28-48(51(35)52)55(47)41-8-2-1-3-9-41)43-20-19-42(45-10-4-5-11-46(43)45)39-25-33-14-12-31-23-38(37-7-6-22-54-30-37)24-32-13-15-34(26-39)50(33)49(31)32/h1-28,30H. The number of aromatic nitrogens is 2. The molecule has 0 aliphatic heterocycles. The van der Waals surface area contributed by atoms with Crippen LogP contribution in [-0.4, -0.2) is 9.55 Å². The lowest BCUT2D eigenvalue weighted by Crippen LogP contribution is -1.94. The Hall–Kier alpha value is -7.54. The maximum atomic E-state index is 10.00. The molecule has 12 rings (SSSR count). The van der Waals surface area contributed by atoms with Gasteiger partial charge in [0, 0.05) is 39.8 Å². The summed E-state index contributed by atoms with van der Waals surface area (Å²) in [6, 6.07) is 62.0. The third-order valence-corrected chi connectivity index (χ3v) is 11.7. The van der Waals surface area contributed by atoms with Gasteiger partial charge in [0.1, 0.15) is 0 Å². The van der Waals surface area contributed by atoms with Crippen molar-refractivity contribution in [3.8, 4) is 45.1 Å². The Bertz CT molecular complexity index is 3470. The first-order chi connectivity index (χ1) is 27.2. The fraction of sp³-hybridized carbons (Fsp3) is 0. The molecule has 2 aromatic heterocycles. The van der Waals surface area contributed by atoms with E-state index in [-0.39, 0.29) is 0 Å². The van der Waals surface area contributed by atoms with Crippen LogP contribution in [0.1, 0.15) is 5.56 Å². The lowest BCUT2D eigenvalue weighted by molar-refractivity contribution is 1.18. The summed E-state index contributed by atoms with van der Waals surface area (Å²) in [5.74, 6) is 0. The SMILES string of the molecule is N#Cc1ccc2c3c1ccc1cc(-c4ccc(-c5cc6ccc7cc(-c8cccnc8)cc8ccc(c5)c6c78)c5ccccc45)cc(c13)n2-c1ccccc1. The van der Waals surface area contributed by atoms with E-state index in [4.69, 9.17) is 0 Å². The average Bonchev–Trinajstić information content (AvgIpc) is 3.59. The number of fused-ring (bicyclic) bond motifs is 1. The maximum absolute atomic E-state index is 10.00. The Balaban J connectivity index is 1.05. The Kier molecular flexibility index (Phi) is 6.12. The van der Waals surface area contributed by atoms with Crippen molar-refractivity contribution < 1.29 is 0 Å². The third kappa shape index (κ3) is 4.28. The molecule has 252 valence electrons. The fourth-order valence-corrected chi connectivity index (χ4v) is 9.37. The van der Waals surface area contributed by atoms with Gasteiger partial charge in [-0.15, -0.1) is 0 Å². The molecule has 12 aromatic rings. The molecule has 3 nitrogen and oxygen atoms in total. The number of hydrogen-bond donors (Lipinski definition) is 0. The zero-order chi connectivity index (χ0) is 36.2. The summed E-state index contributed by atoms with van der Waals surface area (Å²) in [4.78, 5) is 4.36. The van der Waals surface area contributed by atoms with E-state index in [0.717, 1.165) is 33.1 Å². The Morgan fingerprint density at radius 1 is 0.418 bits per heavy atom. The average molecular weight is 696 g/mol. The summed E-state index contributed by atoms with van der Waals surface area (Å²) in [5.41, 5.74) is 11.2. The van der Waals surface area contributed by atoms with Crippen molar-refractivity contribution in [3.05, 3.63) is 182 Å². The van der Waals surface area contributed by atoms with Gasteiger partial charge in [-0.3, -0.25) is 4.98 Å². The first-order valence-electron chi connectivity index (χ1n) is 18.7. The molecule has 0 saturated heterocycles. The molecular formula is C52H29N3. The van der Waals surface area contributed by atoms with Gasteiger partial charge < -0.3 is 4.57 Å². The highest BCUT2D eigenvalue weighted by Crippen LogP contribution is 2.45. The predicted octanol–water partition coefficient (Wildman–Crippen LogP) is 13.7. The van der Waals surface area contributed by atoms with E-state index in [9.17, 15) is 5.26 Å². The Labute approximate surface area is 316 Å². The highest BCUT2D eigenvalue weighted by Gasteiger charge is 2.21. The van der Waals surface area contributed by atoms with Crippen LogP contribution in [-0.2, 0) is 0 Å². The van der Waals surface area contributed by atoms with E-state index in [0.29, 0.717) is 5.56 Å². The quantitative estimate of drug-likeness (QED) is 0.172. The topological polar surface area (TPSA) is 41.6 Å². The predicted molar refractivity (Wildman–Crippen MR) is 230 cm³/mol. The number of benzene rings is 10. The minimum Gasteiger partial charge on any atom is -0.309 e. The molecule has 0 amide bonds. The molecule has 0 N–H and O–H groups in total. The van der Waals surface area contributed by atoms with Crippen LogP contribution in [0.15, 0.2) is 176 Å². The van der Waals surface area contributed by atoms with Crippen LogP contribution in [0.4, 0.5) is 0 Å². The van der Waals surface area contributed by atoms with E-state index < -0.39 is 0 Å². The van der Waals surface area contributed by atoms with Crippen LogP contribution in [0.3, 0.4) is 0 Å². The minimum atomic E-state index is 0.703. The van der Waals surface area contributed by atoms with Crippen LogP contribution in [0, 0.1) is 11.3 Å². The van der Waals surface area contributed by atoms with Crippen LogP contribution >= 0.6 is 0 Å². The molecule has 2 heterocycles. The van der Waals surface area contributed by atoms with Gasteiger partial charge in [0.15, 0.2) is 0 Å². The molecule has 0 fully saturated rings. The molecule has 0 spiro atoms. The van der Waals surface area contributed by atoms with Crippen molar-refractivity contribution >= 4 is 75.7 Å². The second kappa shape index (κ2) is 11.2. The third-order valence-electron chi connectivity index (χ3n) is 11.7. The second-order valence-electron chi connectivity index (χ2n) is 14.7. The largest absolute Gasteiger partial charge is 0.309 e. The minimum absolute atomic E-state index is 0.703. The van der Waals surface area contributed by atoms with Gasteiger partial charge in [-0.1, -0.05) is 97.1 Å². The van der Waals surface area contributed by atoms with Crippen molar-refractivity contribution in [2.75, 3.05) is 0 Å². The number of rotatable bonds is 4. The maximum Gasteiger partial charge on any atom is 0.0998 e. The van der Waals surface area contributed by atoms with Crippen LogP contribution in [0.25, 0.3) is 115 Å². The van der Waals surface area contributed by atoms with E-state index >= 15 is 0 Å². The first kappa shape index (κ1) is 30.0. The zero-order valence-corrected chi connectivity index (χ0v) is 29.6. The van der Waals surface area contributed by atoms with Gasteiger partial charge in [0.25, 0.3) is 0 Å². The van der Waals surface area contributed by atoms with Gasteiger partial charge >= 0.3 is 0 Å². The van der Waals surface area contributed by atoms with Crippen molar-refractivity contribution in [2.45, 2.75) is 0 Å². The van der Waals surface area contributed by atoms with Gasteiger partial charge in [-0.25, -0.2) is 0 Å². The number of para-hydroxylation sites is 1. The molecule has 0 saturated carbocycles. The number of nitriles is 1. The summed E-state index contributed by atoms with van der Waals surface area (Å²) in [5, 5.41) is 24.6. The fourth-order valence-electron chi connectivity index (χ4n) is 9.37. The van der Waals surface area contributed by atoms with Gasteiger partial charge in [-0.2, -0.15) is 5.26 Å². The van der Waals surface area contributed by atoms with Gasteiger partial charge in [0.2, 0.25) is 0 Å². The van der Waals surface area contributed by atoms with Crippen molar-refractivity contribution in [1.29, 1.82) is 5.26 Å². The smallest absolute Gasteiger partial charge is 0.0998 e. The highest BCUT2D eigenvalue weighted by atomic mass is 15.0. The second-order valence-corrected chi connectivity index (χ2v) is 14.7. The van der Waals surface area contributed by atoms with Crippen molar-refractivity contribution in [1.82, 2.24) is 9.55 Å².